The van der Waals surface area contributed by atoms with Gasteiger partial charge in [-0.1, -0.05) is 31.0 Å². The number of fused-ring (bicyclic) bond motifs is 1. The lowest BCUT2D eigenvalue weighted by Gasteiger charge is -2.19. The quantitative estimate of drug-likeness (QED) is 0.892. The van der Waals surface area contributed by atoms with Crippen LogP contribution in [0.25, 0.3) is 0 Å². The largest absolute Gasteiger partial charge is 0.316 e. The van der Waals surface area contributed by atoms with Crippen molar-refractivity contribution in [2.75, 3.05) is 26.2 Å². The monoisotopic (exact) mass is 364 g/mol. The maximum absolute atomic E-state index is 12.9. The Morgan fingerprint density at radius 3 is 2.50 bits per heavy atom. The van der Waals surface area contributed by atoms with E-state index in [2.05, 4.69) is 12.2 Å². The molecule has 2 aliphatic heterocycles. The van der Waals surface area contributed by atoms with Crippen molar-refractivity contribution in [3.05, 3.63) is 28.8 Å². The predicted molar refractivity (Wildman–Crippen MR) is 91.3 cm³/mol. The van der Waals surface area contributed by atoms with Gasteiger partial charge in [-0.2, -0.15) is 4.31 Å². The second-order valence-electron chi connectivity index (χ2n) is 6.02. The molecule has 0 amide bonds. The standard InChI is InChI=1S/C15H21ClN2O2S.ClH/c1-2-3-11-4-5-14(16)15(6-11)21(19,20)18-9-12-7-17-8-13(12)10-18;/h4-6,12-13,17H,2-3,7-10H2,1H3;1H/t12-,13+;. The van der Waals surface area contributed by atoms with Crippen LogP contribution in [0, 0.1) is 11.8 Å². The topological polar surface area (TPSA) is 49.4 Å². The maximum atomic E-state index is 12.9. The first kappa shape index (κ1) is 18.0. The van der Waals surface area contributed by atoms with E-state index in [4.69, 9.17) is 11.6 Å². The molecule has 2 atom stereocenters. The van der Waals surface area contributed by atoms with Crippen molar-refractivity contribution in [2.45, 2.75) is 24.7 Å². The molecule has 2 saturated heterocycles. The van der Waals surface area contributed by atoms with Crippen LogP contribution in [0.15, 0.2) is 23.1 Å². The minimum atomic E-state index is -3.48. The van der Waals surface area contributed by atoms with Gasteiger partial charge in [0.05, 0.1) is 5.02 Å². The summed E-state index contributed by atoms with van der Waals surface area (Å²) >= 11 is 6.16. The Balaban J connectivity index is 0.00000176. The van der Waals surface area contributed by atoms with Crippen LogP contribution in [-0.4, -0.2) is 38.9 Å². The number of hydrogen-bond acceptors (Lipinski definition) is 3. The van der Waals surface area contributed by atoms with Gasteiger partial charge in [-0.05, 0) is 49.0 Å². The highest BCUT2D eigenvalue weighted by Gasteiger charge is 2.42. The molecule has 1 aromatic rings. The summed E-state index contributed by atoms with van der Waals surface area (Å²) in [6, 6.07) is 5.36. The van der Waals surface area contributed by atoms with E-state index in [1.165, 1.54) is 0 Å². The molecule has 2 fully saturated rings. The molecule has 4 nitrogen and oxygen atoms in total. The lowest BCUT2D eigenvalue weighted by molar-refractivity contribution is 0.448. The Bertz CT molecular complexity index is 624. The highest BCUT2D eigenvalue weighted by atomic mass is 35.5. The van der Waals surface area contributed by atoms with Crippen molar-refractivity contribution in [1.82, 2.24) is 9.62 Å². The van der Waals surface area contributed by atoms with Gasteiger partial charge in [0.15, 0.2) is 0 Å². The number of hydrogen-bond donors (Lipinski definition) is 1. The Morgan fingerprint density at radius 1 is 1.27 bits per heavy atom. The summed E-state index contributed by atoms with van der Waals surface area (Å²) in [5, 5.41) is 3.65. The van der Waals surface area contributed by atoms with Gasteiger partial charge in [0.25, 0.3) is 0 Å². The fourth-order valence-corrected chi connectivity index (χ4v) is 5.42. The normalized spacial score (nSPS) is 25.0. The third kappa shape index (κ3) is 3.29. The van der Waals surface area contributed by atoms with Crippen LogP contribution in [0.3, 0.4) is 0 Å². The number of rotatable bonds is 4. The first-order valence-electron chi connectivity index (χ1n) is 7.51. The minimum Gasteiger partial charge on any atom is -0.316 e. The van der Waals surface area contributed by atoms with Crippen LogP contribution in [0.2, 0.25) is 5.02 Å². The number of aryl methyl sites for hydroxylation is 1. The zero-order chi connectivity index (χ0) is 15.0. The van der Waals surface area contributed by atoms with E-state index >= 15 is 0 Å². The third-order valence-electron chi connectivity index (χ3n) is 4.51. The van der Waals surface area contributed by atoms with E-state index in [1.807, 2.05) is 6.07 Å². The van der Waals surface area contributed by atoms with Gasteiger partial charge in [0.2, 0.25) is 10.0 Å². The molecule has 1 N–H and O–H groups in total. The lowest BCUT2D eigenvalue weighted by atomic mass is 10.0. The summed E-state index contributed by atoms with van der Waals surface area (Å²) in [6.45, 7) is 5.13. The van der Waals surface area contributed by atoms with Gasteiger partial charge in [-0.25, -0.2) is 8.42 Å². The number of nitrogens with one attached hydrogen (secondary N) is 1. The zero-order valence-electron chi connectivity index (χ0n) is 12.6. The van der Waals surface area contributed by atoms with Crippen LogP contribution < -0.4 is 5.32 Å². The van der Waals surface area contributed by atoms with E-state index in [1.54, 1.807) is 16.4 Å². The van der Waals surface area contributed by atoms with Crippen LogP contribution >= 0.6 is 24.0 Å². The molecule has 22 heavy (non-hydrogen) atoms. The summed E-state index contributed by atoms with van der Waals surface area (Å²) in [7, 11) is -3.48. The second kappa shape index (κ2) is 7.05. The molecular formula is C15H22Cl2N2O2S. The van der Waals surface area contributed by atoms with Crippen LogP contribution in [0.5, 0.6) is 0 Å². The molecule has 0 aromatic heterocycles. The molecule has 0 spiro atoms. The molecule has 0 saturated carbocycles. The van der Waals surface area contributed by atoms with Crippen LogP contribution in [-0.2, 0) is 16.4 Å². The number of sulfonamides is 1. The fraction of sp³-hybridized carbons (Fsp3) is 0.600. The minimum absolute atomic E-state index is 0. The number of halogens is 2. The van der Waals surface area contributed by atoms with Crippen molar-refractivity contribution < 1.29 is 8.42 Å². The van der Waals surface area contributed by atoms with Gasteiger partial charge in [0, 0.05) is 13.1 Å². The maximum Gasteiger partial charge on any atom is 0.244 e. The predicted octanol–water partition coefficient (Wildman–Crippen LogP) is 2.55. The summed E-state index contributed by atoms with van der Waals surface area (Å²) in [4.78, 5) is 0.267. The molecule has 1 aromatic carbocycles. The van der Waals surface area contributed by atoms with Crippen molar-refractivity contribution in [3.63, 3.8) is 0 Å². The van der Waals surface area contributed by atoms with E-state index < -0.39 is 10.0 Å². The van der Waals surface area contributed by atoms with E-state index in [0.29, 0.717) is 29.9 Å². The molecule has 3 rings (SSSR count). The van der Waals surface area contributed by atoms with Crippen molar-refractivity contribution in [2.24, 2.45) is 11.8 Å². The highest BCUT2D eigenvalue weighted by molar-refractivity contribution is 7.89. The van der Waals surface area contributed by atoms with Crippen LogP contribution in [0.1, 0.15) is 18.9 Å². The summed E-state index contributed by atoms with van der Waals surface area (Å²) in [6.07, 6.45) is 1.86. The Labute approximate surface area is 143 Å². The molecule has 7 heteroatoms. The molecule has 0 radical (unpaired) electrons. The first-order valence-corrected chi connectivity index (χ1v) is 9.33. The van der Waals surface area contributed by atoms with Crippen molar-refractivity contribution >= 4 is 34.0 Å². The molecule has 2 aliphatic rings. The smallest absolute Gasteiger partial charge is 0.244 e. The molecular weight excluding hydrogens is 343 g/mol. The molecule has 0 unspecified atom stereocenters. The van der Waals surface area contributed by atoms with E-state index in [9.17, 15) is 8.42 Å². The highest BCUT2D eigenvalue weighted by Crippen LogP contribution is 2.33. The molecule has 2 heterocycles. The lowest BCUT2D eigenvalue weighted by Crippen LogP contribution is -2.32. The average molecular weight is 365 g/mol. The Morgan fingerprint density at radius 2 is 1.91 bits per heavy atom. The van der Waals surface area contributed by atoms with Crippen LogP contribution in [0.4, 0.5) is 0 Å². The first-order chi connectivity index (χ1) is 10.0. The Kier molecular flexibility index (Phi) is 5.78. The van der Waals surface area contributed by atoms with Crippen molar-refractivity contribution in [3.8, 4) is 0 Å². The molecule has 124 valence electrons. The molecule has 0 bridgehead atoms. The van der Waals surface area contributed by atoms with Gasteiger partial charge in [-0.3, -0.25) is 0 Å². The van der Waals surface area contributed by atoms with E-state index in [-0.39, 0.29) is 17.3 Å². The van der Waals surface area contributed by atoms with Gasteiger partial charge < -0.3 is 5.32 Å². The van der Waals surface area contributed by atoms with E-state index in [0.717, 1.165) is 31.5 Å². The summed E-state index contributed by atoms with van der Waals surface area (Å²) in [5.74, 6) is 0.884. The fourth-order valence-electron chi connectivity index (χ4n) is 3.34. The average Bonchev–Trinajstić information content (AvgIpc) is 3.02. The van der Waals surface area contributed by atoms with Gasteiger partial charge >= 0.3 is 0 Å². The second-order valence-corrected chi connectivity index (χ2v) is 8.33. The Hall–Kier alpha value is -0.330. The number of nitrogens with zero attached hydrogens (tertiary/aromatic N) is 1. The zero-order valence-corrected chi connectivity index (χ0v) is 15.0. The van der Waals surface area contributed by atoms with Gasteiger partial charge in [-0.15, -0.1) is 12.4 Å². The third-order valence-corrected chi connectivity index (χ3v) is 6.82. The molecule has 0 aliphatic carbocycles. The van der Waals surface area contributed by atoms with Crippen molar-refractivity contribution in [1.29, 1.82) is 0 Å². The summed E-state index contributed by atoms with van der Waals surface area (Å²) < 4.78 is 27.3. The van der Waals surface area contributed by atoms with Gasteiger partial charge in [0.1, 0.15) is 4.90 Å². The number of benzene rings is 1. The SMILES string of the molecule is CCCc1ccc(Cl)c(S(=O)(=O)N2C[C@H]3CNC[C@H]3C2)c1.Cl. The summed E-state index contributed by atoms with van der Waals surface area (Å²) in [5.41, 5.74) is 1.03.